The molecule has 0 atom stereocenters. The Morgan fingerprint density at radius 3 is 2.63 bits per heavy atom. The van der Waals surface area contributed by atoms with Crippen LogP contribution >= 0.6 is 0 Å². The smallest absolute Gasteiger partial charge is 0.296 e. The Hall–Kier alpha value is -2.70. The van der Waals surface area contributed by atoms with Crippen LogP contribution in [0, 0.1) is 17.2 Å². The summed E-state index contributed by atoms with van der Waals surface area (Å²) in [6, 6.07) is 5.73. The van der Waals surface area contributed by atoms with E-state index >= 15 is 0 Å². The Morgan fingerprint density at radius 1 is 1.30 bits per heavy atom. The van der Waals surface area contributed by atoms with Crippen LogP contribution in [0.15, 0.2) is 29.1 Å². The summed E-state index contributed by atoms with van der Waals surface area (Å²) in [5, 5.41) is 12.9. The number of aromatic hydroxyl groups is 1. The van der Waals surface area contributed by atoms with E-state index in [2.05, 4.69) is 17.2 Å². The lowest BCUT2D eigenvalue weighted by Gasteiger charge is -2.31. The lowest BCUT2D eigenvalue weighted by Crippen LogP contribution is -2.33. The monoisotopic (exact) mass is 370 g/mol. The van der Waals surface area contributed by atoms with Crippen molar-refractivity contribution in [2.45, 2.75) is 45.7 Å². The maximum Gasteiger partial charge on any atom is 0.296 e. The summed E-state index contributed by atoms with van der Waals surface area (Å²) in [7, 11) is 0. The molecular weight excluding hydrogens is 349 g/mol. The molecule has 0 spiro atoms. The summed E-state index contributed by atoms with van der Waals surface area (Å²) in [6.07, 6.45) is 3.64. The van der Waals surface area contributed by atoms with Gasteiger partial charge in [0.2, 0.25) is 5.75 Å². The minimum absolute atomic E-state index is 0.0130. The van der Waals surface area contributed by atoms with Gasteiger partial charge in [0.05, 0.1) is 0 Å². The highest BCUT2D eigenvalue weighted by molar-refractivity contribution is 5.94. The fourth-order valence-corrected chi connectivity index (χ4v) is 3.91. The number of rotatable bonds is 3. The fourth-order valence-electron chi connectivity index (χ4n) is 3.91. The maximum absolute atomic E-state index is 13.0. The molecule has 5 rings (SSSR count). The molecule has 1 fully saturated rings. The van der Waals surface area contributed by atoms with Gasteiger partial charge in [-0.1, -0.05) is 19.1 Å². The molecule has 1 saturated carbocycles. The Bertz CT molecular complexity index is 944. The highest BCUT2D eigenvalue weighted by Crippen LogP contribution is 2.46. The van der Waals surface area contributed by atoms with Crippen LogP contribution in [-0.2, 0) is 13.1 Å². The van der Waals surface area contributed by atoms with Crippen LogP contribution in [0.2, 0.25) is 0 Å². The number of nitrogens with zero attached hydrogens (tertiary/aromatic N) is 2. The van der Waals surface area contributed by atoms with Crippen molar-refractivity contribution in [3.8, 4) is 5.75 Å². The molecule has 2 aromatic rings. The first kappa shape index (κ1) is 17.7. The number of fused-ring (bicyclic) bond motifs is 2. The third-order valence-electron chi connectivity index (χ3n) is 5.64. The van der Waals surface area contributed by atoms with Crippen LogP contribution in [0.1, 0.15) is 54.5 Å². The molecule has 7 heteroatoms. The van der Waals surface area contributed by atoms with Crippen molar-refractivity contribution in [2.75, 3.05) is 0 Å². The van der Waals surface area contributed by atoms with Crippen LogP contribution in [0.5, 0.6) is 5.75 Å². The van der Waals surface area contributed by atoms with Gasteiger partial charge in [0.1, 0.15) is 11.6 Å². The third kappa shape index (κ3) is 3.22. The van der Waals surface area contributed by atoms with Gasteiger partial charge in [0, 0.05) is 19.0 Å². The number of amides is 1. The van der Waals surface area contributed by atoms with Crippen LogP contribution in [0.25, 0.3) is 0 Å². The number of hydrogen-bond acceptors (Lipinski definition) is 4. The number of carbonyl (C=O) groups excluding carboxylic acids is 1. The lowest BCUT2D eigenvalue weighted by molar-refractivity contribution is 0.0941. The van der Waals surface area contributed by atoms with Gasteiger partial charge in [-0.25, -0.2) is 9.37 Å². The predicted octanol–water partition coefficient (Wildman–Crippen LogP) is 2.53. The molecule has 27 heavy (non-hydrogen) atoms. The Labute approximate surface area is 156 Å². The molecule has 2 bridgehead atoms. The maximum atomic E-state index is 13.0. The van der Waals surface area contributed by atoms with E-state index in [0.29, 0.717) is 17.9 Å². The van der Waals surface area contributed by atoms with Gasteiger partial charge in [0.15, 0.2) is 5.69 Å². The van der Waals surface area contributed by atoms with Crippen LogP contribution < -0.4 is 10.9 Å². The Morgan fingerprint density at radius 2 is 1.96 bits per heavy atom. The van der Waals surface area contributed by atoms with Crippen LogP contribution in [0.4, 0.5) is 4.39 Å². The Balaban J connectivity index is 1.63. The van der Waals surface area contributed by atoms with Crippen molar-refractivity contribution in [2.24, 2.45) is 5.41 Å². The van der Waals surface area contributed by atoms with Crippen molar-refractivity contribution < 1.29 is 14.3 Å². The van der Waals surface area contributed by atoms with Gasteiger partial charge >= 0.3 is 0 Å². The van der Waals surface area contributed by atoms with E-state index in [0.717, 1.165) is 31.6 Å². The summed E-state index contributed by atoms with van der Waals surface area (Å²) in [4.78, 5) is 29.6. The first-order valence-electron chi connectivity index (χ1n) is 9.08. The minimum Gasteiger partial charge on any atom is -0.501 e. The number of nitrogens with one attached hydrogen (secondary N) is 1. The van der Waals surface area contributed by atoms with E-state index in [1.165, 1.54) is 16.7 Å². The van der Waals surface area contributed by atoms with Crippen molar-refractivity contribution in [1.29, 1.82) is 0 Å². The number of hydrogen-bond donors (Lipinski definition) is 2. The SMILES string of the molecule is CC12CC[C](CC1)c1nc(C(=O)NCc3ccc(F)cc3)c(O)c(=O)n1C2. The summed E-state index contributed by atoms with van der Waals surface area (Å²) < 4.78 is 14.5. The van der Waals surface area contributed by atoms with Crippen molar-refractivity contribution in [3.63, 3.8) is 0 Å². The summed E-state index contributed by atoms with van der Waals surface area (Å²) in [5.74, 6) is -0.0202. The molecule has 3 heterocycles. The molecule has 0 unspecified atom stereocenters. The number of carbonyl (C=O) groups is 1. The highest BCUT2D eigenvalue weighted by Gasteiger charge is 2.40. The zero-order chi connectivity index (χ0) is 19.2. The molecular formula is C20H21FN3O3. The molecule has 3 aliphatic rings. The van der Waals surface area contributed by atoms with Crippen molar-refractivity contribution in [1.82, 2.24) is 14.9 Å². The summed E-state index contributed by atoms with van der Waals surface area (Å²) in [6.45, 7) is 2.79. The summed E-state index contributed by atoms with van der Waals surface area (Å²) in [5.41, 5.74) is -0.105. The van der Waals surface area contributed by atoms with E-state index in [4.69, 9.17) is 0 Å². The average molecular weight is 370 g/mol. The van der Waals surface area contributed by atoms with E-state index < -0.39 is 17.2 Å². The topological polar surface area (TPSA) is 84.2 Å². The van der Waals surface area contributed by atoms with Crippen molar-refractivity contribution >= 4 is 5.91 Å². The quantitative estimate of drug-likeness (QED) is 0.870. The first-order valence-corrected chi connectivity index (χ1v) is 9.08. The standard InChI is InChI=1S/C20H21FN3O3/c1-20-8-6-13(7-9-20)17-23-15(16(25)19(27)24(17)11-20)18(26)22-10-12-2-4-14(21)5-3-12/h2-5,25H,6-11H2,1H3,(H,22,26). The molecule has 2 N–H and O–H groups in total. The van der Waals surface area contributed by atoms with E-state index in [-0.39, 0.29) is 23.5 Å². The molecule has 2 aliphatic heterocycles. The Kier molecular flexibility index (Phi) is 4.25. The van der Waals surface area contributed by atoms with Gasteiger partial charge in [-0.15, -0.1) is 0 Å². The van der Waals surface area contributed by atoms with Crippen molar-refractivity contribution in [3.05, 3.63) is 63.4 Å². The molecule has 1 aromatic heterocycles. The third-order valence-corrected chi connectivity index (χ3v) is 5.64. The first-order chi connectivity index (χ1) is 12.9. The number of halogens is 1. The number of aromatic nitrogens is 2. The van der Waals surface area contributed by atoms with Gasteiger partial charge in [-0.3, -0.25) is 14.2 Å². The van der Waals surface area contributed by atoms with Gasteiger partial charge in [-0.2, -0.15) is 0 Å². The van der Waals surface area contributed by atoms with E-state index in [9.17, 15) is 19.1 Å². The fraction of sp³-hybridized carbons (Fsp3) is 0.400. The molecule has 141 valence electrons. The van der Waals surface area contributed by atoms with E-state index in [1.807, 2.05) is 0 Å². The van der Waals surface area contributed by atoms with E-state index in [1.54, 1.807) is 12.1 Å². The highest BCUT2D eigenvalue weighted by atomic mass is 19.1. The molecule has 0 saturated heterocycles. The zero-order valence-corrected chi connectivity index (χ0v) is 15.1. The normalized spacial score (nSPS) is 18.0. The number of benzene rings is 1. The van der Waals surface area contributed by atoms with Crippen LogP contribution in [0.3, 0.4) is 0 Å². The molecule has 1 aromatic carbocycles. The minimum atomic E-state index is -0.624. The van der Waals surface area contributed by atoms with Gasteiger partial charge < -0.3 is 10.4 Å². The average Bonchev–Trinajstić information content (AvgIpc) is 2.89. The second-order valence-corrected chi connectivity index (χ2v) is 7.75. The largest absolute Gasteiger partial charge is 0.501 e. The molecule has 1 radical (unpaired) electrons. The summed E-state index contributed by atoms with van der Waals surface area (Å²) >= 11 is 0. The van der Waals surface area contributed by atoms with Crippen LogP contribution in [-0.4, -0.2) is 20.6 Å². The van der Waals surface area contributed by atoms with Gasteiger partial charge in [-0.05, 0) is 48.8 Å². The molecule has 1 aliphatic carbocycles. The second kappa shape index (κ2) is 6.48. The van der Waals surface area contributed by atoms with Gasteiger partial charge in [0.25, 0.3) is 11.5 Å². The molecule has 1 amide bonds. The lowest BCUT2D eigenvalue weighted by atomic mass is 9.73. The second-order valence-electron chi connectivity index (χ2n) is 7.75. The molecule has 6 nitrogen and oxygen atoms in total. The zero-order valence-electron chi connectivity index (χ0n) is 15.1. The predicted molar refractivity (Wildman–Crippen MR) is 96.7 cm³/mol.